The molecule has 5 rings (SSSR count). The van der Waals surface area contributed by atoms with Gasteiger partial charge in [-0.25, -0.2) is 4.98 Å². The van der Waals surface area contributed by atoms with Gasteiger partial charge in [0.1, 0.15) is 10.6 Å². The molecular weight excluding hydrogens is 520 g/mol. The fraction of sp³-hybridized carbons (Fsp3) is 0.286. The Morgan fingerprint density at radius 1 is 1.08 bits per heavy atom. The van der Waals surface area contributed by atoms with Gasteiger partial charge in [-0.3, -0.25) is 19.0 Å². The van der Waals surface area contributed by atoms with E-state index in [1.54, 1.807) is 60.3 Å². The van der Waals surface area contributed by atoms with E-state index in [0.29, 0.717) is 33.4 Å². The lowest BCUT2D eigenvalue weighted by atomic mass is 9.97. The Morgan fingerprint density at radius 2 is 1.79 bits per heavy atom. The summed E-state index contributed by atoms with van der Waals surface area (Å²) in [6.45, 7) is 3.23. The maximum Gasteiger partial charge on any atom is 0.267 e. The first kappa shape index (κ1) is 26.0. The lowest BCUT2D eigenvalue weighted by Gasteiger charge is -2.17. The van der Waals surface area contributed by atoms with E-state index in [4.69, 9.17) is 9.72 Å². The molecule has 38 heavy (non-hydrogen) atoms. The van der Waals surface area contributed by atoms with Crippen molar-refractivity contribution in [2.45, 2.75) is 49.9 Å². The molecule has 1 aliphatic rings. The molecule has 10 heteroatoms. The molecule has 0 fully saturated rings. The van der Waals surface area contributed by atoms with Crippen LogP contribution in [0.3, 0.4) is 0 Å². The van der Waals surface area contributed by atoms with E-state index in [-0.39, 0.29) is 17.4 Å². The Balaban J connectivity index is 1.49. The summed E-state index contributed by atoms with van der Waals surface area (Å²) < 4.78 is 7.01. The zero-order valence-electron chi connectivity index (χ0n) is 21.4. The molecule has 196 valence electrons. The first-order chi connectivity index (χ1) is 18.3. The number of aryl methyl sites for hydroxylation is 2. The third-order valence-corrected chi connectivity index (χ3v) is 8.63. The topological polar surface area (TPSA) is 102 Å². The Kier molecular flexibility index (Phi) is 7.53. The van der Waals surface area contributed by atoms with Crippen LogP contribution in [0.4, 0.5) is 11.4 Å². The van der Waals surface area contributed by atoms with Crippen LogP contribution in [-0.2, 0) is 22.4 Å². The van der Waals surface area contributed by atoms with Gasteiger partial charge in [-0.2, -0.15) is 0 Å². The Morgan fingerprint density at radius 3 is 2.50 bits per heavy atom. The standard InChI is InChI=1S/C28H28N4O4S2/c1-16(25(34)30-19-13-11-18(12-14-19)29-17(2)33)37-28-31-26-24(22-9-4-5-10-23(22)38-26)27(35)32(28)20-7-6-8-21(15-20)36-3/h6-8,11-16H,4-5,9-10H2,1-3H3,(H,29,33)(H,30,34). The van der Waals surface area contributed by atoms with Gasteiger partial charge in [-0.1, -0.05) is 17.8 Å². The highest BCUT2D eigenvalue weighted by molar-refractivity contribution is 8.00. The van der Waals surface area contributed by atoms with Gasteiger partial charge >= 0.3 is 0 Å². The first-order valence-electron chi connectivity index (χ1n) is 12.4. The molecule has 0 saturated heterocycles. The number of nitrogens with zero attached hydrogens (tertiary/aromatic N) is 2. The van der Waals surface area contributed by atoms with Gasteiger partial charge in [-0.05, 0) is 74.6 Å². The van der Waals surface area contributed by atoms with Crippen molar-refractivity contribution in [2.24, 2.45) is 0 Å². The number of thioether (sulfide) groups is 1. The number of nitrogens with one attached hydrogen (secondary N) is 2. The average Bonchev–Trinajstić information content (AvgIpc) is 3.28. The lowest BCUT2D eigenvalue weighted by molar-refractivity contribution is -0.115. The van der Waals surface area contributed by atoms with Crippen LogP contribution in [-0.4, -0.2) is 33.7 Å². The number of methoxy groups -OCH3 is 1. The molecule has 1 atom stereocenters. The number of hydrogen-bond acceptors (Lipinski definition) is 7. The van der Waals surface area contributed by atoms with Crippen LogP contribution in [0, 0.1) is 0 Å². The Labute approximate surface area is 228 Å². The summed E-state index contributed by atoms with van der Waals surface area (Å²) in [6, 6.07) is 14.2. The second-order valence-corrected chi connectivity index (χ2v) is 11.5. The minimum atomic E-state index is -0.541. The monoisotopic (exact) mass is 548 g/mol. The van der Waals surface area contributed by atoms with Crippen LogP contribution in [0.2, 0.25) is 0 Å². The fourth-order valence-electron chi connectivity index (χ4n) is 4.54. The molecule has 2 N–H and O–H groups in total. The summed E-state index contributed by atoms with van der Waals surface area (Å²) in [6.07, 6.45) is 4.04. The van der Waals surface area contributed by atoms with Crippen molar-refractivity contribution in [3.05, 3.63) is 69.3 Å². The molecule has 8 nitrogen and oxygen atoms in total. The Bertz CT molecular complexity index is 1580. The van der Waals surface area contributed by atoms with E-state index in [2.05, 4.69) is 10.6 Å². The zero-order chi connectivity index (χ0) is 26.8. The zero-order valence-corrected chi connectivity index (χ0v) is 23.0. The summed E-state index contributed by atoms with van der Waals surface area (Å²) in [7, 11) is 1.59. The summed E-state index contributed by atoms with van der Waals surface area (Å²) in [4.78, 5) is 45.2. The maximum atomic E-state index is 14.0. The second kappa shape index (κ2) is 11.0. The summed E-state index contributed by atoms with van der Waals surface area (Å²) in [5.41, 5.74) is 2.90. The van der Waals surface area contributed by atoms with Crippen LogP contribution in [0.5, 0.6) is 5.75 Å². The van der Waals surface area contributed by atoms with Crippen molar-refractivity contribution < 1.29 is 14.3 Å². The van der Waals surface area contributed by atoms with E-state index < -0.39 is 5.25 Å². The number of ether oxygens (including phenoxy) is 1. The van der Waals surface area contributed by atoms with Crippen LogP contribution in [0.15, 0.2) is 58.5 Å². The first-order valence-corrected chi connectivity index (χ1v) is 14.1. The summed E-state index contributed by atoms with van der Waals surface area (Å²) >= 11 is 2.83. The van der Waals surface area contributed by atoms with Crippen LogP contribution < -0.4 is 20.9 Å². The highest BCUT2D eigenvalue weighted by atomic mass is 32.2. The minimum absolute atomic E-state index is 0.119. The number of carbonyl (C=O) groups is 2. The molecule has 4 aromatic rings. The van der Waals surface area contributed by atoms with E-state index in [1.807, 2.05) is 18.2 Å². The second-order valence-electron chi connectivity index (χ2n) is 9.14. The van der Waals surface area contributed by atoms with Gasteiger partial charge in [-0.15, -0.1) is 11.3 Å². The van der Waals surface area contributed by atoms with Gasteiger partial charge in [0.2, 0.25) is 11.8 Å². The number of anilines is 2. The van der Waals surface area contributed by atoms with Crippen molar-refractivity contribution in [1.82, 2.24) is 9.55 Å². The molecule has 0 spiro atoms. The van der Waals surface area contributed by atoms with Gasteiger partial charge < -0.3 is 15.4 Å². The number of hydrogen-bond donors (Lipinski definition) is 2. The van der Waals surface area contributed by atoms with Gasteiger partial charge in [0.05, 0.1) is 23.4 Å². The van der Waals surface area contributed by atoms with Crippen molar-refractivity contribution in [3.63, 3.8) is 0 Å². The normalized spacial score (nSPS) is 13.6. The molecule has 2 aromatic heterocycles. The van der Waals surface area contributed by atoms with Crippen molar-refractivity contribution in [3.8, 4) is 11.4 Å². The van der Waals surface area contributed by atoms with Crippen molar-refractivity contribution in [2.75, 3.05) is 17.7 Å². The molecule has 2 amide bonds. The smallest absolute Gasteiger partial charge is 0.267 e. The molecule has 0 aliphatic heterocycles. The number of carbonyl (C=O) groups excluding carboxylic acids is 2. The number of thiophene rings is 1. The van der Waals surface area contributed by atoms with Crippen LogP contribution in [0.25, 0.3) is 15.9 Å². The van der Waals surface area contributed by atoms with Crippen LogP contribution >= 0.6 is 23.1 Å². The van der Waals surface area contributed by atoms with Crippen molar-refractivity contribution in [1.29, 1.82) is 0 Å². The van der Waals surface area contributed by atoms with Gasteiger partial charge in [0, 0.05) is 29.2 Å². The molecule has 2 heterocycles. The van der Waals surface area contributed by atoms with Gasteiger partial charge in [0.25, 0.3) is 5.56 Å². The molecule has 1 unspecified atom stereocenters. The molecule has 1 aliphatic carbocycles. The lowest BCUT2D eigenvalue weighted by Crippen LogP contribution is -2.26. The predicted molar refractivity (Wildman–Crippen MR) is 153 cm³/mol. The van der Waals surface area contributed by atoms with Crippen molar-refractivity contribution >= 4 is 56.5 Å². The molecule has 0 saturated carbocycles. The van der Waals surface area contributed by atoms with E-state index in [9.17, 15) is 14.4 Å². The fourth-order valence-corrected chi connectivity index (χ4v) is 6.77. The maximum absolute atomic E-state index is 14.0. The van der Waals surface area contributed by atoms with E-state index >= 15 is 0 Å². The third-order valence-electron chi connectivity index (χ3n) is 6.39. The molecule has 0 bridgehead atoms. The highest BCUT2D eigenvalue weighted by Gasteiger charge is 2.25. The third kappa shape index (κ3) is 5.32. The van der Waals surface area contributed by atoms with E-state index in [1.165, 1.54) is 23.6 Å². The van der Waals surface area contributed by atoms with Crippen LogP contribution in [0.1, 0.15) is 37.1 Å². The number of benzene rings is 2. The summed E-state index contributed by atoms with van der Waals surface area (Å²) in [5, 5.41) is 6.21. The molecular formula is C28H28N4O4S2. The Hall–Kier alpha value is -3.63. The number of amides is 2. The SMILES string of the molecule is COc1cccc(-n2c(SC(C)C(=O)Nc3ccc(NC(C)=O)cc3)nc3sc4c(c3c2=O)CCCC4)c1. The predicted octanol–water partition coefficient (Wildman–Crippen LogP) is 5.41. The largest absolute Gasteiger partial charge is 0.497 e. The number of fused-ring (bicyclic) bond motifs is 3. The average molecular weight is 549 g/mol. The molecule has 0 radical (unpaired) electrons. The quantitative estimate of drug-likeness (QED) is 0.236. The minimum Gasteiger partial charge on any atom is -0.497 e. The van der Waals surface area contributed by atoms with Gasteiger partial charge in [0.15, 0.2) is 5.16 Å². The number of rotatable bonds is 7. The summed E-state index contributed by atoms with van der Waals surface area (Å²) in [5.74, 6) is 0.246. The van der Waals surface area contributed by atoms with E-state index in [0.717, 1.165) is 36.1 Å². The number of aromatic nitrogens is 2. The molecule has 2 aromatic carbocycles. The highest BCUT2D eigenvalue weighted by Crippen LogP contribution is 2.36.